The first kappa shape index (κ1) is 18.2. The lowest BCUT2D eigenvalue weighted by molar-refractivity contribution is -0.118. The zero-order valence-corrected chi connectivity index (χ0v) is 15.7. The molecule has 1 amide bonds. The lowest BCUT2D eigenvalue weighted by atomic mass is 10.1. The Hall–Kier alpha value is -1.56. The Morgan fingerprint density at radius 3 is 2.68 bits per heavy atom. The van der Waals surface area contributed by atoms with Gasteiger partial charge in [0.2, 0.25) is 5.91 Å². The van der Waals surface area contributed by atoms with Gasteiger partial charge in [-0.25, -0.2) is 0 Å². The number of benzene rings is 2. The minimum Gasteiger partial charge on any atom is -0.486 e. The highest BCUT2D eigenvalue weighted by atomic mass is 35.5. The van der Waals surface area contributed by atoms with Crippen molar-refractivity contribution in [2.24, 2.45) is 0 Å². The molecule has 132 valence electrons. The number of carbonyl (C=O) groups excluding carboxylic acids is 1. The summed E-state index contributed by atoms with van der Waals surface area (Å²) < 4.78 is 11.1. The van der Waals surface area contributed by atoms with E-state index >= 15 is 0 Å². The molecule has 1 heterocycles. The van der Waals surface area contributed by atoms with Crippen LogP contribution in [-0.2, 0) is 11.2 Å². The lowest BCUT2D eigenvalue weighted by Gasteiger charge is -2.20. The Labute approximate surface area is 160 Å². The van der Waals surface area contributed by atoms with E-state index in [0.717, 1.165) is 10.5 Å². The van der Waals surface area contributed by atoms with Gasteiger partial charge in [-0.3, -0.25) is 4.79 Å². The molecule has 1 N–H and O–H groups in total. The predicted octanol–water partition coefficient (Wildman–Crippen LogP) is 4.22. The maximum atomic E-state index is 11.9. The number of thioether (sulfide) groups is 1. The van der Waals surface area contributed by atoms with Crippen molar-refractivity contribution in [2.45, 2.75) is 11.3 Å². The maximum absolute atomic E-state index is 11.9. The van der Waals surface area contributed by atoms with E-state index in [2.05, 4.69) is 5.32 Å². The number of amides is 1. The topological polar surface area (TPSA) is 47.6 Å². The number of rotatable bonds is 6. The molecule has 0 atom stereocenters. The largest absolute Gasteiger partial charge is 0.486 e. The molecule has 7 heteroatoms. The average Bonchev–Trinajstić information content (AvgIpc) is 2.61. The van der Waals surface area contributed by atoms with Crippen LogP contribution in [0.2, 0.25) is 10.0 Å². The van der Waals surface area contributed by atoms with Gasteiger partial charge in [-0.05, 0) is 48.4 Å². The Balaban J connectivity index is 1.45. The molecule has 3 rings (SSSR count). The van der Waals surface area contributed by atoms with Crippen LogP contribution in [0.3, 0.4) is 0 Å². The first-order valence-corrected chi connectivity index (χ1v) is 9.59. The summed E-state index contributed by atoms with van der Waals surface area (Å²) in [5, 5.41) is 4.14. The second kappa shape index (κ2) is 8.70. The van der Waals surface area contributed by atoms with Crippen LogP contribution in [0, 0.1) is 0 Å². The molecule has 1 aliphatic rings. The van der Waals surface area contributed by atoms with Crippen LogP contribution in [0.25, 0.3) is 0 Å². The zero-order chi connectivity index (χ0) is 17.6. The van der Waals surface area contributed by atoms with Crippen molar-refractivity contribution in [3.8, 4) is 11.5 Å². The van der Waals surface area contributed by atoms with Crippen LogP contribution in [0.4, 0.5) is 0 Å². The summed E-state index contributed by atoms with van der Waals surface area (Å²) in [4.78, 5) is 13.0. The van der Waals surface area contributed by atoms with Gasteiger partial charge in [-0.15, -0.1) is 11.8 Å². The molecule has 0 fully saturated rings. The molecule has 0 radical (unpaired) electrons. The summed E-state index contributed by atoms with van der Waals surface area (Å²) in [5.41, 5.74) is 1.000. The van der Waals surface area contributed by atoms with E-state index in [0.29, 0.717) is 53.5 Å². The fraction of sp³-hybridized carbons (Fsp3) is 0.278. The van der Waals surface area contributed by atoms with Crippen molar-refractivity contribution in [3.63, 3.8) is 0 Å². The summed E-state index contributed by atoms with van der Waals surface area (Å²) in [6, 6.07) is 11.2. The number of hydrogen-bond donors (Lipinski definition) is 1. The van der Waals surface area contributed by atoms with Gasteiger partial charge in [-0.2, -0.15) is 0 Å². The van der Waals surface area contributed by atoms with Gasteiger partial charge in [0, 0.05) is 16.5 Å². The van der Waals surface area contributed by atoms with Crippen LogP contribution in [0.5, 0.6) is 11.5 Å². The van der Waals surface area contributed by atoms with E-state index in [1.54, 1.807) is 0 Å². The molecule has 0 bridgehead atoms. The third kappa shape index (κ3) is 5.21. The van der Waals surface area contributed by atoms with E-state index in [9.17, 15) is 4.79 Å². The van der Waals surface area contributed by atoms with Crippen LogP contribution in [-0.4, -0.2) is 31.4 Å². The Morgan fingerprint density at radius 2 is 1.88 bits per heavy atom. The van der Waals surface area contributed by atoms with E-state index in [4.69, 9.17) is 32.7 Å². The number of hydrogen-bond acceptors (Lipinski definition) is 4. The standard InChI is InChI=1S/C18H17Cl2NO3S/c19-13-1-3-14(4-2-13)25-11-17(22)21-6-5-12-9-15(20)18-16(10-12)23-7-8-24-18/h1-4,9-10H,5-8,11H2,(H,21,22). The normalized spacial score (nSPS) is 12.7. The number of nitrogens with one attached hydrogen (secondary N) is 1. The summed E-state index contributed by atoms with van der Waals surface area (Å²) in [7, 11) is 0. The third-order valence-corrected chi connectivity index (χ3v) is 5.12. The molecule has 25 heavy (non-hydrogen) atoms. The molecule has 0 saturated carbocycles. The molecule has 0 unspecified atom stereocenters. The van der Waals surface area contributed by atoms with Gasteiger partial charge >= 0.3 is 0 Å². The van der Waals surface area contributed by atoms with Crippen molar-refractivity contribution in [3.05, 3.63) is 52.0 Å². The SMILES string of the molecule is O=C(CSc1ccc(Cl)cc1)NCCc1cc(Cl)c2c(c1)OCCO2. The molecular weight excluding hydrogens is 381 g/mol. The third-order valence-electron chi connectivity index (χ3n) is 3.58. The van der Waals surface area contributed by atoms with E-state index in [1.165, 1.54) is 11.8 Å². The smallest absolute Gasteiger partial charge is 0.230 e. The highest BCUT2D eigenvalue weighted by Gasteiger charge is 2.16. The molecule has 0 aromatic heterocycles. The molecule has 2 aromatic carbocycles. The summed E-state index contributed by atoms with van der Waals surface area (Å²) in [6.45, 7) is 1.56. The van der Waals surface area contributed by atoms with Crippen molar-refractivity contribution >= 4 is 40.9 Å². The first-order chi connectivity index (χ1) is 12.1. The molecule has 2 aromatic rings. The van der Waals surface area contributed by atoms with Crippen LogP contribution in [0.15, 0.2) is 41.3 Å². The second-order valence-corrected chi connectivity index (χ2v) is 7.34. The molecule has 0 aliphatic carbocycles. The molecule has 0 spiro atoms. The molecule has 4 nitrogen and oxygen atoms in total. The summed E-state index contributed by atoms with van der Waals surface area (Å²) in [6.07, 6.45) is 0.674. The van der Waals surface area contributed by atoms with E-state index in [1.807, 2.05) is 36.4 Å². The van der Waals surface area contributed by atoms with Crippen molar-refractivity contribution < 1.29 is 14.3 Å². The minimum atomic E-state index is -0.0106. The Bertz CT molecular complexity index is 753. The van der Waals surface area contributed by atoms with Gasteiger partial charge in [0.1, 0.15) is 13.2 Å². The fourth-order valence-electron chi connectivity index (χ4n) is 2.39. The van der Waals surface area contributed by atoms with Gasteiger partial charge in [0.15, 0.2) is 11.5 Å². The number of halogens is 2. The number of ether oxygens (including phenoxy) is 2. The number of fused-ring (bicyclic) bond motifs is 1. The van der Waals surface area contributed by atoms with Crippen LogP contribution in [0.1, 0.15) is 5.56 Å². The van der Waals surface area contributed by atoms with Gasteiger partial charge in [-0.1, -0.05) is 23.2 Å². The average molecular weight is 398 g/mol. The highest BCUT2D eigenvalue weighted by molar-refractivity contribution is 8.00. The maximum Gasteiger partial charge on any atom is 0.230 e. The number of carbonyl (C=O) groups is 1. The highest BCUT2D eigenvalue weighted by Crippen LogP contribution is 2.38. The van der Waals surface area contributed by atoms with Crippen LogP contribution < -0.4 is 14.8 Å². The molecule has 1 aliphatic heterocycles. The van der Waals surface area contributed by atoms with Crippen molar-refractivity contribution in [2.75, 3.05) is 25.5 Å². The van der Waals surface area contributed by atoms with Crippen LogP contribution >= 0.6 is 35.0 Å². The van der Waals surface area contributed by atoms with Gasteiger partial charge < -0.3 is 14.8 Å². The van der Waals surface area contributed by atoms with E-state index in [-0.39, 0.29) is 5.91 Å². The lowest BCUT2D eigenvalue weighted by Crippen LogP contribution is -2.27. The molecular formula is C18H17Cl2NO3S. The predicted molar refractivity (Wildman–Crippen MR) is 101 cm³/mol. The Morgan fingerprint density at radius 1 is 1.12 bits per heavy atom. The zero-order valence-electron chi connectivity index (χ0n) is 13.4. The minimum absolute atomic E-state index is 0.0106. The Kier molecular flexibility index (Phi) is 6.34. The fourth-order valence-corrected chi connectivity index (χ4v) is 3.53. The van der Waals surface area contributed by atoms with E-state index < -0.39 is 0 Å². The monoisotopic (exact) mass is 397 g/mol. The van der Waals surface area contributed by atoms with Crippen molar-refractivity contribution in [1.82, 2.24) is 5.32 Å². The van der Waals surface area contributed by atoms with Crippen molar-refractivity contribution in [1.29, 1.82) is 0 Å². The second-order valence-electron chi connectivity index (χ2n) is 5.44. The summed E-state index contributed by atoms with van der Waals surface area (Å²) >= 11 is 13.5. The first-order valence-electron chi connectivity index (χ1n) is 7.85. The van der Waals surface area contributed by atoms with Gasteiger partial charge in [0.05, 0.1) is 10.8 Å². The molecule has 0 saturated heterocycles. The summed E-state index contributed by atoms with van der Waals surface area (Å²) in [5.74, 6) is 1.62. The quantitative estimate of drug-likeness (QED) is 0.741. The van der Waals surface area contributed by atoms with Gasteiger partial charge in [0.25, 0.3) is 0 Å².